The zero-order chi connectivity index (χ0) is 39.7. The lowest BCUT2D eigenvalue weighted by molar-refractivity contribution is 0.0926. The van der Waals surface area contributed by atoms with Crippen molar-refractivity contribution in [2.75, 3.05) is 4.90 Å². The number of carbonyl (C=O) groups is 2. The molecule has 1 aliphatic rings. The van der Waals surface area contributed by atoms with Crippen LogP contribution in [0.3, 0.4) is 0 Å². The number of aryl methyl sites for hydroxylation is 4. The summed E-state index contributed by atoms with van der Waals surface area (Å²) >= 11 is 0. The van der Waals surface area contributed by atoms with E-state index in [0.717, 1.165) is 66.3 Å². The van der Waals surface area contributed by atoms with Crippen LogP contribution in [-0.2, 0) is 0 Å². The maximum atomic E-state index is 15.1. The van der Waals surface area contributed by atoms with E-state index < -0.39 is 0 Å². The highest BCUT2D eigenvalue weighted by molar-refractivity contribution is 6.37. The van der Waals surface area contributed by atoms with Gasteiger partial charge in [-0.05, 0) is 109 Å². The number of rotatable bonds is 6. The lowest BCUT2D eigenvalue weighted by atomic mass is 9.92. The van der Waals surface area contributed by atoms with E-state index in [2.05, 4.69) is 123 Å². The third kappa shape index (κ3) is 5.76. The van der Waals surface area contributed by atoms with Gasteiger partial charge < -0.3 is 4.57 Å². The molecule has 0 spiro atoms. The van der Waals surface area contributed by atoms with Gasteiger partial charge in [0.25, 0.3) is 11.8 Å². The third-order valence-corrected chi connectivity index (χ3v) is 11.4. The predicted octanol–water partition coefficient (Wildman–Crippen LogP) is 13.5. The number of hydrogen-bond acceptors (Lipinski definition) is 2. The van der Waals surface area contributed by atoms with Crippen molar-refractivity contribution in [3.63, 3.8) is 0 Å². The fourth-order valence-corrected chi connectivity index (χ4v) is 9.09. The number of benzene rings is 8. The molecule has 0 atom stereocenters. The summed E-state index contributed by atoms with van der Waals surface area (Å²) in [4.78, 5) is 31.2. The van der Waals surface area contributed by atoms with Gasteiger partial charge in [0.1, 0.15) is 0 Å². The molecule has 10 rings (SSSR count). The molecule has 9 aromatic rings. The van der Waals surface area contributed by atoms with E-state index in [1.54, 1.807) is 6.07 Å². The Balaban J connectivity index is 1.19. The van der Waals surface area contributed by atoms with Gasteiger partial charge in [-0.15, -0.1) is 0 Å². The van der Waals surface area contributed by atoms with E-state index in [4.69, 9.17) is 0 Å². The van der Waals surface area contributed by atoms with Crippen LogP contribution in [0.2, 0.25) is 0 Å². The first kappa shape index (κ1) is 35.1. The first-order valence-corrected chi connectivity index (χ1v) is 19.7. The molecule has 1 aliphatic heterocycles. The number of fused-ring (bicyclic) bond motifs is 4. The molecule has 2 heterocycles. The minimum atomic E-state index is -0.341. The molecular weight excluding hydrogens is 709 g/mol. The molecule has 0 aliphatic carbocycles. The Morgan fingerprint density at radius 1 is 0.345 bits per heavy atom. The molecule has 0 radical (unpaired) electrons. The molecule has 58 heavy (non-hydrogen) atoms. The maximum Gasteiger partial charge on any atom is 0.268 e. The topological polar surface area (TPSA) is 42.3 Å². The second kappa shape index (κ2) is 13.7. The highest BCUT2D eigenvalue weighted by Gasteiger charge is 2.40. The Kier molecular flexibility index (Phi) is 8.31. The molecule has 0 fully saturated rings. The minimum Gasteiger partial charge on any atom is -0.308 e. The van der Waals surface area contributed by atoms with Crippen LogP contribution >= 0.6 is 0 Å². The lowest BCUT2D eigenvalue weighted by Gasteiger charge is -2.22. The zero-order valence-corrected chi connectivity index (χ0v) is 32.9. The number of hydrogen-bond donors (Lipinski definition) is 0. The number of imide groups is 1. The third-order valence-electron chi connectivity index (χ3n) is 11.4. The standard InChI is InChI=1S/C54H40N2O2/c1-33-25-34(2)28-41(27-33)39-21-23-47-45(31-39)46-32-40(42-29-35(3)26-36(4)30-42)22-24-48(46)55(47)50-20-12-18-44-52(50)54(58)56(53(44)57)49-19-11-17-43(37-13-7-5-8-14-37)51(49)38-15-9-6-10-16-38/h5-32H,1-4H3. The smallest absolute Gasteiger partial charge is 0.268 e. The number of nitrogens with zero attached hydrogens (tertiary/aromatic N) is 2. The van der Waals surface area contributed by atoms with Gasteiger partial charge in [0.2, 0.25) is 0 Å². The van der Waals surface area contributed by atoms with E-state index in [9.17, 15) is 4.79 Å². The van der Waals surface area contributed by atoms with E-state index in [0.29, 0.717) is 22.5 Å². The zero-order valence-electron chi connectivity index (χ0n) is 32.9. The predicted molar refractivity (Wildman–Crippen MR) is 239 cm³/mol. The Hall–Kier alpha value is -7.30. The average molecular weight is 749 g/mol. The van der Waals surface area contributed by atoms with Crippen LogP contribution < -0.4 is 4.90 Å². The summed E-state index contributed by atoms with van der Waals surface area (Å²) in [5.74, 6) is -0.675. The summed E-state index contributed by atoms with van der Waals surface area (Å²) in [7, 11) is 0. The van der Waals surface area contributed by atoms with Gasteiger partial charge >= 0.3 is 0 Å². The largest absolute Gasteiger partial charge is 0.308 e. The summed E-state index contributed by atoms with van der Waals surface area (Å²) < 4.78 is 2.17. The molecular formula is C54H40N2O2. The summed E-state index contributed by atoms with van der Waals surface area (Å²) in [6, 6.07) is 58.2. The molecule has 1 aromatic heterocycles. The normalized spacial score (nSPS) is 12.5. The van der Waals surface area contributed by atoms with Gasteiger partial charge in [0, 0.05) is 16.3 Å². The molecule has 0 unspecified atom stereocenters. The van der Waals surface area contributed by atoms with Gasteiger partial charge in [-0.25, -0.2) is 4.90 Å². The van der Waals surface area contributed by atoms with Crippen LogP contribution in [0.15, 0.2) is 170 Å². The maximum absolute atomic E-state index is 15.1. The van der Waals surface area contributed by atoms with Crippen LogP contribution in [0, 0.1) is 27.7 Å². The van der Waals surface area contributed by atoms with Crippen LogP contribution in [0.4, 0.5) is 5.69 Å². The SMILES string of the molecule is Cc1cc(C)cc(-c2ccc3c(c2)c2cc(-c4cc(C)cc(C)c4)ccc2n3-c2cccc3c2C(=O)N(c2cccc(-c4ccccc4)c2-c2ccccc2)C3=O)c1. The van der Waals surface area contributed by atoms with Crippen LogP contribution in [-0.4, -0.2) is 16.4 Å². The molecule has 4 heteroatoms. The van der Waals surface area contributed by atoms with Crippen molar-refractivity contribution < 1.29 is 9.59 Å². The summed E-state index contributed by atoms with van der Waals surface area (Å²) in [6.07, 6.45) is 0. The minimum absolute atomic E-state index is 0.334. The number of anilines is 1. The Labute approximate surface area is 338 Å². The van der Waals surface area contributed by atoms with Crippen molar-refractivity contribution in [2.24, 2.45) is 0 Å². The fraction of sp³-hybridized carbons (Fsp3) is 0.0741. The highest BCUT2D eigenvalue weighted by atomic mass is 16.2. The first-order valence-electron chi connectivity index (χ1n) is 19.7. The number of aromatic nitrogens is 1. The van der Waals surface area contributed by atoms with Crippen molar-refractivity contribution in [1.29, 1.82) is 0 Å². The molecule has 0 saturated carbocycles. The second-order valence-electron chi connectivity index (χ2n) is 15.6. The molecule has 278 valence electrons. The van der Waals surface area contributed by atoms with Crippen molar-refractivity contribution in [2.45, 2.75) is 27.7 Å². The van der Waals surface area contributed by atoms with E-state index >= 15 is 4.79 Å². The lowest BCUT2D eigenvalue weighted by Crippen LogP contribution is -2.30. The van der Waals surface area contributed by atoms with Crippen molar-refractivity contribution in [1.82, 2.24) is 4.57 Å². The van der Waals surface area contributed by atoms with E-state index in [1.165, 1.54) is 27.2 Å². The van der Waals surface area contributed by atoms with Gasteiger partial charge in [0.05, 0.1) is 33.5 Å². The monoisotopic (exact) mass is 748 g/mol. The summed E-state index contributed by atoms with van der Waals surface area (Å²) in [5, 5.41) is 2.15. The molecule has 8 aromatic carbocycles. The summed E-state index contributed by atoms with van der Waals surface area (Å²) in [6.45, 7) is 8.54. The number of carbonyl (C=O) groups excluding carboxylic acids is 2. The molecule has 4 nitrogen and oxygen atoms in total. The van der Waals surface area contributed by atoms with Gasteiger partial charge in [-0.1, -0.05) is 150 Å². The first-order chi connectivity index (χ1) is 28.2. The molecule has 0 saturated heterocycles. The Bertz CT molecular complexity index is 2990. The highest BCUT2D eigenvalue weighted by Crippen LogP contribution is 2.45. The fourth-order valence-electron chi connectivity index (χ4n) is 9.09. The quantitative estimate of drug-likeness (QED) is 0.159. The second-order valence-corrected chi connectivity index (χ2v) is 15.6. The summed E-state index contributed by atoms with van der Waals surface area (Å²) in [5.41, 5.74) is 17.1. The van der Waals surface area contributed by atoms with Gasteiger partial charge in [0.15, 0.2) is 0 Å². The van der Waals surface area contributed by atoms with Crippen LogP contribution in [0.1, 0.15) is 43.0 Å². The van der Waals surface area contributed by atoms with Gasteiger partial charge in [-0.2, -0.15) is 0 Å². The van der Waals surface area contributed by atoms with Crippen molar-refractivity contribution >= 4 is 39.3 Å². The molecule has 0 bridgehead atoms. The molecule has 2 amide bonds. The average Bonchev–Trinajstić information content (AvgIpc) is 3.69. The van der Waals surface area contributed by atoms with Crippen molar-refractivity contribution in [3.05, 3.63) is 203 Å². The van der Waals surface area contributed by atoms with Crippen LogP contribution in [0.5, 0.6) is 0 Å². The molecule has 0 N–H and O–H groups in total. The van der Waals surface area contributed by atoms with Crippen molar-refractivity contribution in [3.8, 4) is 50.2 Å². The Morgan fingerprint density at radius 2 is 0.828 bits per heavy atom. The Morgan fingerprint density at radius 3 is 1.36 bits per heavy atom. The van der Waals surface area contributed by atoms with Gasteiger partial charge in [-0.3, -0.25) is 9.59 Å². The van der Waals surface area contributed by atoms with E-state index in [1.807, 2.05) is 72.8 Å². The number of amides is 2. The van der Waals surface area contributed by atoms with Crippen LogP contribution in [0.25, 0.3) is 72.0 Å². The van der Waals surface area contributed by atoms with E-state index in [-0.39, 0.29) is 11.8 Å².